The summed E-state index contributed by atoms with van der Waals surface area (Å²) < 4.78 is 1.09. The van der Waals surface area contributed by atoms with E-state index in [0.717, 1.165) is 27.1 Å². The molecule has 0 amide bonds. The Morgan fingerprint density at radius 2 is 1.82 bits per heavy atom. The van der Waals surface area contributed by atoms with Crippen LogP contribution >= 0.6 is 15.9 Å². The zero-order valence-electron chi connectivity index (χ0n) is 9.92. The molecule has 0 spiro atoms. The minimum atomic E-state index is 0.810. The van der Waals surface area contributed by atoms with Gasteiger partial charge in [0.25, 0.3) is 0 Å². The summed E-state index contributed by atoms with van der Waals surface area (Å²) in [5, 5.41) is 3.41. The molecule has 0 aliphatic heterocycles. The average Bonchev–Trinajstić information content (AvgIpc) is 2.28. The fraction of sp³-hybridized carbons (Fsp3) is 0.143. The van der Waals surface area contributed by atoms with Crippen molar-refractivity contribution in [2.75, 3.05) is 11.1 Å². The van der Waals surface area contributed by atoms with Gasteiger partial charge in [0, 0.05) is 21.5 Å². The van der Waals surface area contributed by atoms with Crippen molar-refractivity contribution in [3.63, 3.8) is 0 Å². The number of aryl methyl sites for hydroxylation is 1. The molecule has 0 fully saturated rings. The van der Waals surface area contributed by atoms with Crippen molar-refractivity contribution in [2.24, 2.45) is 0 Å². The lowest BCUT2D eigenvalue weighted by atomic mass is 10.1. The quantitative estimate of drug-likeness (QED) is 0.805. The van der Waals surface area contributed by atoms with Gasteiger partial charge in [-0.05, 0) is 55.3 Å². The SMILES string of the molecule is Cc1cc(Br)ccc1Nc1cccc(N)c1C. The fourth-order valence-corrected chi connectivity index (χ4v) is 2.18. The van der Waals surface area contributed by atoms with Crippen LogP contribution in [0.4, 0.5) is 17.1 Å². The largest absolute Gasteiger partial charge is 0.398 e. The molecule has 0 heterocycles. The van der Waals surface area contributed by atoms with Crippen LogP contribution in [-0.4, -0.2) is 0 Å². The number of benzene rings is 2. The second kappa shape index (κ2) is 4.80. The molecule has 88 valence electrons. The molecule has 3 heteroatoms. The summed E-state index contributed by atoms with van der Waals surface area (Å²) in [6, 6.07) is 12.1. The van der Waals surface area contributed by atoms with Crippen molar-refractivity contribution in [3.8, 4) is 0 Å². The lowest BCUT2D eigenvalue weighted by Gasteiger charge is -2.13. The molecule has 3 N–H and O–H groups in total. The summed E-state index contributed by atoms with van der Waals surface area (Å²) in [5.74, 6) is 0. The smallest absolute Gasteiger partial charge is 0.0434 e. The molecule has 0 radical (unpaired) electrons. The third-order valence-corrected chi connectivity index (χ3v) is 3.33. The Kier molecular flexibility index (Phi) is 3.38. The Bertz CT molecular complexity index is 550. The number of hydrogen-bond acceptors (Lipinski definition) is 2. The van der Waals surface area contributed by atoms with Crippen molar-refractivity contribution in [1.82, 2.24) is 0 Å². The maximum atomic E-state index is 5.89. The highest BCUT2D eigenvalue weighted by Gasteiger charge is 2.03. The summed E-state index contributed by atoms with van der Waals surface area (Å²) >= 11 is 3.46. The zero-order valence-corrected chi connectivity index (χ0v) is 11.5. The first-order chi connectivity index (χ1) is 8.08. The predicted molar refractivity (Wildman–Crippen MR) is 77.8 cm³/mol. The van der Waals surface area contributed by atoms with Gasteiger partial charge >= 0.3 is 0 Å². The van der Waals surface area contributed by atoms with Gasteiger partial charge in [0.15, 0.2) is 0 Å². The molecule has 0 aromatic heterocycles. The maximum absolute atomic E-state index is 5.89. The van der Waals surface area contributed by atoms with E-state index < -0.39 is 0 Å². The van der Waals surface area contributed by atoms with E-state index in [9.17, 15) is 0 Å². The van der Waals surface area contributed by atoms with Gasteiger partial charge in [-0.2, -0.15) is 0 Å². The summed E-state index contributed by atoms with van der Waals surface area (Å²) in [6.07, 6.45) is 0. The van der Waals surface area contributed by atoms with Crippen LogP contribution < -0.4 is 11.1 Å². The van der Waals surface area contributed by atoms with Crippen LogP contribution in [0.5, 0.6) is 0 Å². The van der Waals surface area contributed by atoms with Gasteiger partial charge in [-0.15, -0.1) is 0 Å². The normalized spacial score (nSPS) is 10.3. The first kappa shape index (κ1) is 12.0. The Labute approximate surface area is 110 Å². The Morgan fingerprint density at radius 1 is 1.06 bits per heavy atom. The minimum Gasteiger partial charge on any atom is -0.398 e. The molecular formula is C14H15BrN2. The molecule has 0 bridgehead atoms. The van der Waals surface area contributed by atoms with Gasteiger partial charge in [-0.25, -0.2) is 0 Å². The van der Waals surface area contributed by atoms with Crippen molar-refractivity contribution in [2.45, 2.75) is 13.8 Å². The van der Waals surface area contributed by atoms with Gasteiger partial charge in [-0.1, -0.05) is 22.0 Å². The van der Waals surface area contributed by atoms with Crippen LogP contribution in [-0.2, 0) is 0 Å². The van der Waals surface area contributed by atoms with Crippen LogP contribution in [0.15, 0.2) is 40.9 Å². The standard InChI is InChI=1S/C14H15BrN2/c1-9-8-11(15)6-7-13(9)17-14-5-3-4-12(16)10(14)2/h3-8,17H,16H2,1-2H3. The summed E-state index contributed by atoms with van der Waals surface area (Å²) in [6.45, 7) is 4.10. The Morgan fingerprint density at radius 3 is 2.53 bits per heavy atom. The van der Waals surface area contributed by atoms with Gasteiger partial charge in [0.2, 0.25) is 0 Å². The number of nitrogen functional groups attached to an aromatic ring is 1. The number of nitrogens with one attached hydrogen (secondary N) is 1. The lowest BCUT2D eigenvalue weighted by molar-refractivity contribution is 1.38. The summed E-state index contributed by atoms with van der Waals surface area (Å²) in [4.78, 5) is 0. The molecule has 0 saturated carbocycles. The molecule has 0 aliphatic carbocycles. The van der Waals surface area contributed by atoms with E-state index in [0.29, 0.717) is 0 Å². The van der Waals surface area contributed by atoms with Crippen molar-refractivity contribution in [3.05, 3.63) is 52.0 Å². The third kappa shape index (κ3) is 2.61. The zero-order chi connectivity index (χ0) is 12.4. The molecule has 0 aliphatic rings. The highest BCUT2D eigenvalue weighted by atomic mass is 79.9. The second-order valence-corrected chi connectivity index (χ2v) is 5.02. The Hall–Kier alpha value is -1.48. The van der Waals surface area contributed by atoms with E-state index in [1.54, 1.807) is 0 Å². The number of halogens is 1. The highest BCUT2D eigenvalue weighted by molar-refractivity contribution is 9.10. The van der Waals surface area contributed by atoms with Crippen LogP contribution in [0.1, 0.15) is 11.1 Å². The van der Waals surface area contributed by atoms with Gasteiger partial charge in [-0.3, -0.25) is 0 Å². The molecular weight excluding hydrogens is 276 g/mol. The monoisotopic (exact) mass is 290 g/mol. The summed E-state index contributed by atoms with van der Waals surface area (Å²) in [7, 11) is 0. The second-order valence-electron chi connectivity index (χ2n) is 4.10. The molecule has 2 rings (SSSR count). The highest BCUT2D eigenvalue weighted by Crippen LogP contribution is 2.27. The van der Waals surface area contributed by atoms with E-state index in [1.807, 2.05) is 31.2 Å². The molecule has 2 aromatic rings. The van der Waals surface area contributed by atoms with Gasteiger partial charge in [0.1, 0.15) is 0 Å². The van der Waals surface area contributed by atoms with Crippen LogP contribution in [0.3, 0.4) is 0 Å². The maximum Gasteiger partial charge on any atom is 0.0434 e. The van der Waals surface area contributed by atoms with Crippen LogP contribution in [0.25, 0.3) is 0 Å². The van der Waals surface area contributed by atoms with Gasteiger partial charge < -0.3 is 11.1 Å². The van der Waals surface area contributed by atoms with Crippen molar-refractivity contribution < 1.29 is 0 Å². The average molecular weight is 291 g/mol. The topological polar surface area (TPSA) is 38.0 Å². The lowest BCUT2D eigenvalue weighted by Crippen LogP contribution is -1.98. The van der Waals surface area contributed by atoms with E-state index in [4.69, 9.17) is 5.73 Å². The minimum absolute atomic E-state index is 0.810. The first-order valence-electron chi connectivity index (χ1n) is 5.46. The molecule has 17 heavy (non-hydrogen) atoms. The van der Waals surface area contributed by atoms with E-state index in [-0.39, 0.29) is 0 Å². The fourth-order valence-electron chi connectivity index (χ4n) is 1.70. The van der Waals surface area contributed by atoms with Crippen LogP contribution in [0.2, 0.25) is 0 Å². The molecule has 2 aromatic carbocycles. The molecule has 0 unspecified atom stereocenters. The summed E-state index contributed by atoms with van der Waals surface area (Å²) in [5.41, 5.74) is 11.1. The number of anilines is 3. The predicted octanol–water partition coefficient (Wildman–Crippen LogP) is 4.39. The van der Waals surface area contributed by atoms with E-state index in [1.165, 1.54) is 5.56 Å². The number of nitrogens with two attached hydrogens (primary N) is 1. The van der Waals surface area contributed by atoms with Crippen molar-refractivity contribution in [1.29, 1.82) is 0 Å². The molecule has 0 saturated heterocycles. The Balaban J connectivity index is 2.35. The van der Waals surface area contributed by atoms with Crippen molar-refractivity contribution >= 4 is 33.0 Å². The number of rotatable bonds is 2. The molecule has 2 nitrogen and oxygen atoms in total. The number of hydrogen-bond donors (Lipinski definition) is 2. The molecule has 0 atom stereocenters. The third-order valence-electron chi connectivity index (χ3n) is 2.83. The first-order valence-corrected chi connectivity index (χ1v) is 6.25. The van der Waals surface area contributed by atoms with E-state index >= 15 is 0 Å². The van der Waals surface area contributed by atoms with E-state index in [2.05, 4.69) is 40.3 Å². The van der Waals surface area contributed by atoms with Crippen LogP contribution in [0, 0.1) is 13.8 Å². The van der Waals surface area contributed by atoms with Gasteiger partial charge in [0.05, 0.1) is 0 Å².